The average Bonchev–Trinajstić information content (AvgIpc) is 2.75. The molecule has 0 saturated carbocycles. The number of carbonyl (C=O) groups is 2. The number of carboxylic acids is 1. The van der Waals surface area contributed by atoms with Crippen LogP contribution in [0.15, 0.2) is 15.7 Å². The molecule has 0 spiro atoms. The van der Waals surface area contributed by atoms with Crippen molar-refractivity contribution in [2.45, 2.75) is 25.3 Å². The minimum Gasteiger partial charge on any atom is -0.480 e. The maximum Gasteiger partial charge on any atom is 0.326 e. The molecular formula is C11H13N3O5. The van der Waals surface area contributed by atoms with Gasteiger partial charge in [0.1, 0.15) is 6.04 Å². The molecule has 8 heteroatoms. The van der Waals surface area contributed by atoms with Crippen molar-refractivity contribution >= 4 is 11.9 Å². The summed E-state index contributed by atoms with van der Waals surface area (Å²) in [5.41, 5.74) is -1.11. The van der Waals surface area contributed by atoms with Gasteiger partial charge in [0.25, 0.3) is 5.56 Å². The van der Waals surface area contributed by atoms with Crippen LogP contribution >= 0.6 is 0 Å². The van der Waals surface area contributed by atoms with E-state index in [4.69, 9.17) is 5.11 Å². The molecule has 1 aliphatic rings. The van der Waals surface area contributed by atoms with E-state index in [0.717, 1.165) is 6.07 Å². The molecule has 0 aromatic carbocycles. The predicted octanol–water partition coefficient (Wildman–Crippen LogP) is -1.32. The molecule has 8 nitrogen and oxygen atoms in total. The van der Waals surface area contributed by atoms with Gasteiger partial charge in [0, 0.05) is 18.3 Å². The van der Waals surface area contributed by atoms with E-state index in [1.54, 1.807) is 0 Å². The van der Waals surface area contributed by atoms with Gasteiger partial charge in [-0.15, -0.1) is 0 Å². The van der Waals surface area contributed by atoms with Crippen molar-refractivity contribution in [3.8, 4) is 0 Å². The second-order valence-corrected chi connectivity index (χ2v) is 4.37. The Kier molecular flexibility index (Phi) is 3.50. The number of carbonyl (C=O) groups excluding carboxylic acids is 1. The van der Waals surface area contributed by atoms with Gasteiger partial charge in [0.2, 0.25) is 5.91 Å². The van der Waals surface area contributed by atoms with Crippen LogP contribution in [0.1, 0.15) is 18.5 Å². The first-order chi connectivity index (χ1) is 8.97. The fraction of sp³-hybridized carbons (Fsp3) is 0.455. The summed E-state index contributed by atoms with van der Waals surface area (Å²) < 4.78 is 0. The Balaban J connectivity index is 2.14. The topological polar surface area (TPSA) is 123 Å². The smallest absolute Gasteiger partial charge is 0.326 e. The highest BCUT2D eigenvalue weighted by Gasteiger charge is 2.33. The summed E-state index contributed by atoms with van der Waals surface area (Å²) in [6.07, 6.45) is 0.866. The highest BCUT2D eigenvalue weighted by molar-refractivity contribution is 5.85. The average molecular weight is 267 g/mol. The molecule has 1 atom stereocenters. The number of aliphatic carboxylic acids is 1. The van der Waals surface area contributed by atoms with Crippen LogP contribution in [-0.2, 0) is 16.0 Å². The molecule has 3 N–H and O–H groups in total. The third-order valence-electron chi connectivity index (χ3n) is 3.02. The van der Waals surface area contributed by atoms with Gasteiger partial charge in [-0.1, -0.05) is 0 Å². The third-order valence-corrected chi connectivity index (χ3v) is 3.02. The van der Waals surface area contributed by atoms with Crippen LogP contribution in [0.5, 0.6) is 0 Å². The molecule has 0 bridgehead atoms. The number of aromatic nitrogens is 2. The van der Waals surface area contributed by atoms with Gasteiger partial charge in [-0.3, -0.25) is 14.6 Å². The summed E-state index contributed by atoms with van der Waals surface area (Å²) in [5, 5.41) is 8.98. The fourth-order valence-corrected chi connectivity index (χ4v) is 2.20. The van der Waals surface area contributed by atoms with Gasteiger partial charge in [-0.05, 0) is 12.8 Å². The molecule has 1 fully saturated rings. The van der Waals surface area contributed by atoms with Gasteiger partial charge in [0.15, 0.2) is 0 Å². The number of hydrogen-bond acceptors (Lipinski definition) is 4. The second kappa shape index (κ2) is 5.09. The Morgan fingerprint density at radius 2 is 2.11 bits per heavy atom. The molecule has 1 unspecified atom stereocenters. The molecule has 0 radical (unpaired) electrons. The van der Waals surface area contributed by atoms with E-state index >= 15 is 0 Å². The quantitative estimate of drug-likeness (QED) is 0.626. The number of rotatable bonds is 3. The van der Waals surface area contributed by atoms with Crippen LogP contribution in [0.4, 0.5) is 0 Å². The van der Waals surface area contributed by atoms with Crippen LogP contribution in [0.2, 0.25) is 0 Å². The lowest BCUT2D eigenvalue weighted by molar-refractivity contribution is -0.148. The van der Waals surface area contributed by atoms with Gasteiger partial charge >= 0.3 is 11.7 Å². The zero-order valence-corrected chi connectivity index (χ0v) is 10.0. The van der Waals surface area contributed by atoms with Gasteiger partial charge < -0.3 is 15.0 Å². The van der Waals surface area contributed by atoms with E-state index in [1.165, 1.54) is 4.90 Å². The number of amides is 1. The molecule has 2 rings (SSSR count). The van der Waals surface area contributed by atoms with E-state index in [-0.39, 0.29) is 12.1 Å². The van der Waals surface area contributed by atoms with Crippen LogP contribution in [0, 0.1) is 0 Å². The molecule has 1 saturated heterocycles. The van der Waals surface area contributed by atoms with Crippen LogP contribution in [0.25, 0.3) is 0 Å². The summed E-state index contributed by atoms with van der Waals surface area (Å²) in [6.45, 7) is 0.378. The molecular weight excluding hydrogens is 254 g/mol. The molecule has 1 aliphatic heterocycles. The van der Waals surface area contributed by atoms with Crippen LogP contribution in [-0.4, -0.2) is 44.4 Å². The fourth-order valence-electron chi connectivity index (χ4n) is 2.20. The molecule has 102 valence electrons. The van der Waals surface area contributed by atoms with Gasteiger partial charge in [-0.25, -0.2) is 9.59 Å². The summed E-state index contributed by atoms with van der Waals surface area (Å²) in [4.78, 5) is 50.7. The third kappa shape index (κ3) is 2.90. The van der Waals surface area contributed by atoms with Gasteiger partial charge in [0.05, 0.1) is 6.42 Å². The number of H-pyrrole nitrogens is 2. The number of nitrogens with zero attached hydrogens (tertiary/aromatic N) is 1. The Morgan fingerprint density at radius 3 is 2.74 bits per heavy atom. The monoisotopic (exact) mass is 267 g/mol. The normalized spacial score (nSPS) is 18.5. The Hall–Kier alpha value is -2.38. The first-order valence-electron chi connectivity index (χ1n) is 5.82. The van der Waals surface area contributed by atoms with E-state index in [0.29, 0.717) is 19.4 Å². The SMILES string of the molecule is O=C(O)C1CCCN1C(=O)Cc1cc(=O)[nH]c(=O)[nH]1. The summed E-state index contributed by atoms with van der Waals surface area (Å²) >= 11 is 0. The molecule has 1 aromatic rings. The molecule has 1 amide bonds. The lowest BCUT2D eigenvalue weighted by Crippen LogP contribution is -2.41. The first kappa shape index (κ1) is 13.1. The first-order valence-corrected chi connectivity index (χ1v) is 5.82. The molecule has 19 heavy (non-hydrogen) atoms. The second-order valence-electron chi connectivity index (χ2n) is 4.37. The number of aromatic amines is 2. The highest BCUT2D eigenvalue weighted by atomic mass is 16.4. The standard InChI is InChI=1S/C11H13N3O5/c15-8-4-6(12-11(19)13-8)5-9(16)14-3-1-2-7(14)10(17)18/h4,7H,1-3,5H2,(H,17,18)(H2,12,13,15,19). The lowest BCUT2D eigenvalue weighted by Gasteiger charge is -2.21. The lowest BCUT2D eigenvalue weighted by atomic mass is 10.2. The van der Waals surface area contributed by atoms with Crippen LogP contribution < -0.4 is 11.2 Å². The van der Waals surface area contributed by atoms with Crippen molar-refractivity contribution in [3.63, 3.8) is 0 Å². The maximum absolute atomic E-state index is 12.0. The van der Waals surface area contributed by atoms with Crippen molar-refractivity contribution in [2.75, 3.05) is 6.54 Å². The van der Waals surface area contributed by atoms with E-state index in [9.17, 15) is 19.2 Å². The number of nitrogens with one attached hydrogen (secondary N) is 2. The summed E-state index contributed by atoms with van der Waals surface area (Å²) in [5.74, 6) is -1.45. The Bertz CT molecular complexity index is 589. The summed E-state index contributed by atoms with van der Waals surface area (Å²) in [7, 11) is 0. The zero-order valence-electron chi connectivity index (χ0n) is 10.0. The molecule has 0 aliphatic carbocycles. The van der Waals surface area contributed by atoms with Crippen LogP contribution in [0.3, 0.4) is 0 Å². The minimum absolute atomic E-state index is 0.176. The number of likely N-dealkylation sites (tertiary alicyclic amines) is 1. The molecule has 1 aromatic heterocycles. The van der Waals surface area contributed by atoms with E-state index in [1.807, 2.05) is 4.98 Å². The minimum atomic E-state index is -1.04. The van der Waals surface area contributed by atoms with E-state index < -0.39 is 29.2 Å². The number of hydrogen-bond donors (Lipinski definition) is 3. The van der Waals surface area contributed by atoms with Crippen molar-refractivity contribution < 1.29 is 14.7 Å². The van der Waals surface area contributed by atoms with Crippen molar-refractivity contribution in [1.82, 2.24) is 14.9 Å². The van der Waals surface area contributed by atoms with E-state index in [2.05, 4.69) is 4.98 Å². The van der Waals surface area contributed by atoms with Crippen molar-refractivity contribution in [1.29, 1.82) is 0 Å². The zero-order chi connectivity index (χ0) is 14.0. The Labute approximate surface area is 107 Å². The predicted molar refractivity (Wildman–Crippen MR) is 63.8 cm³/mol. The van der Waals surface area contributed by atoms with Gasteiger partial charge in [-0.2, -0.15) is 0 Å². The largest absolute Gasteiger partial charge is 0.480 e. The maximum atomic E-state index is 12.0. The highest BCUT2D eigenvalue weighted by Crippen LogP contribution is 2.18. The summed E-state index contributed by atoms with van der Waals surface area (Å²) in [6, 6.07) is 0.298. The van der Waals surface area contributed by atoms with Crippen molar-refractivity contribution in [3.05, 3.63) is 32.6 Å². The number of carboxylic acid groups (broad SMARTS) is 1. The molecule has 2 heterocycles. The van der Waals surface area contributed by atoms with Crippen molar-refractivity contribution in [2.24, 2.45) is 0 Å². The Morgan fingerprint density at radius 1 is 1.37 bits per heavy atom.